The molecule has 0 amide bonds. The van der Waals surface area contributed by atoms with Crippen molar-refractivity contribution in [3.63, 3.8) is 0 Å². The predicted molar refractivity (Wildman–Crippen MR) is 263 cm³/mol. The van der Waals surface area contributed by atoms with Gasteiger partial charge in [0.25, 0.3) is 0 Å². The first-order valence-corrected chi connectivity index (χ1v) is 29.4. The van der Waals surface area contributed by atoms with Crippen LogP contribution < -0.4 is 4.40 Å². The van der Waals surface area contributed by atoms with Crippen LogP contribution in [0.25, 0.3) is 72.3 Å². The van der Waals surface area contributed by atoms with E-state index in [-0.39, 0.29) is 25.5 Å². The Balaban J connectivity index is 0.000000229. The summed E-state index contributed by atoms with van der Waals surface area (Å²) in [5, 5.41) is 3.14. The first-order valence-electron chi connectivity index (χ1n) is 22.0. The molecule has 1 radical (unpaired) electrons. The third-order valence-electron chi connectivity index (χ3n) is 12.1. The van der Waals surface area contributed by atoms with Gasteiger partial charge in [-0.05, 0) is 63.1 Å². The molecule has 4 aromatic carbocycles. The summed E-state index contributed by atoms with van der Waals surface area (Å²) in [7, 11) is 0. The van der Waals surface area contributed by atoms with E-state index in [1.165, 1.54) is 28.7 Å². The minimum Gasteiger partial charge on any atom is -0.486 e. The van der Waals surface area contributed by atoms with Crippen molar-refractivity contribution < 1.29 is 24.5 Å². The van der Waals surface area contributed by atoms with Crippen LogP contribution in [0.5, 0.6) is 0 Å². The normalized spacial score (nSPS) is 12.5. The second kappa shape index (κ2) is 17.9. The van der Waals surface area contributed by atoms with Gasteiger partial charge in [-0.25, -0.2) is 4.98 Å². The minimum atomic E-state index is -1.87. The summed E-state index contributed by atoms with van der Waals surface area (Å²) in [6, 6.07) is 36.4. The molecule has 5 aromatic heterocycles. The Hall–Kier alpha value is -4.95. The Morgan fingerprint density at radius 2 is 1.56 bits per heavy atom. The molecule has 1 unspecified atom stereocenters. The number of rotatable bonds is 7. The van der Waals surface area contributed by atoms with Crippen LogP contribution in [0.4, 0.5) is 0 Å². The van der Waals surface area contributed by atoms with Gasteiger partial charge in [0.2, 0.25) is 5.71 Å². The summed E-state index contributed by atoms with van der Waals surface area (Å²) in [6.07, 6.45) is 4.54. The molecule has 0 spiro atoms. The average molecular weight is 1070 g/mol. The van der Waals surface area contributed by atoms with Crippen LogP contribution >= 0.6 is 0 Å². The smallest absolute Gasteiger partial charge is 0.216 e. The molecular weight excluding hydrogens is 1010 g/mol. The van der Waals surface area contributed by atoms with Crippen molar-refractivity contribution in [2.45, 2.75) is 105 Å². The molecule has 0 aliphatic rings. The molecule has 0 saturated heterocycles. The molecule has 0 saturated carbocycles. The molecule has 63 heavy (non-hydrogen) atoms. The van der Waals surface area contributed by atoms with E-state index in [4.69, 9.17) is 24.4 Å². The van der Waals surface area contributed by atoms with E-state index in [1.807, 2.05) is 25.1 Å². The van der Waals surface area contributed by atoms with E-state index in [0.717, 1.165) is 95.9 Å². The quantitative estimate of drug-likeness (QED) is 0.117. The van der Waals surface area contributed by atoms with E-state index in [0.29, 0.717) is 5.71 Å². The first kappa shape index (κ1) is 46.1. The van der Waals surface area contributed by atoms with Crippen LogP contribution in [-0.2, 0) is 31.9 Å². The summed E-state index contributed by atoms with van der Waals surface area (Å²) in [6.45, 7) is 21.7. The van der Waals surface area contributed by atoms with Crippen molar-refractivity contribution in [3.8, 4) is 28.3 Å². The van der Waals surface area contributed by atoms with Gasteiger partial charge in [-0.15, -0.1) is 17.7 Å². The van der Waals surface area contributed by atoms with Gasteiger partial charge < -0.3 is 8.98 Å². The summed E-state index contributed by atoms with van der Waals surface area (Å²) in [5.41, 5.74) is 16.4. The molecular formula is C55H59GeIrN5O-2. The van der Waals surface area contributed by atoms with Crippen molar-refractivity contribution in [3.05, 3.63) is 142 Å². The minimum absolute atomic E-state index is 0. The maximum absolute atomic E-state index is 6.62. The topological polar surface area (TPSA) is 69.6 Å². The van der Waals surface area contributed by atoms with Crippen LogP contribution in [-0.4, -0.2) is 37.8 Å². The number of hydrogen-bond donors (Lipinski definition) is 0. The molecule has 6 nitrogen and oxygen atoms in total. The zero-order valence-corrected chi connectivity index (χ0v) is 43.6. The molecule has 8 heteroatoms. The zero-order valence-electron chi connectivity index (χ0n) is 39.1. The van der Waals surface area contributed by atoms with Crippen molar-refractivity contribution in [2.24, 2.45) is 5.92 Å². The monoisotopic (exact) mass is 1070 g/mol. The van der Waals surface area contributed by atoms with E-state index in [9.17, 15) is 0 Å². The number of nitrogens with zero attached hydrogens (tertiary/aromatic N) is 5. The Bertz CT molecular complexity index is 3110. The summed E-state index contributed by atoms with van der Waals surface area (Å²) in [4.78, 5) is 20.0. The van der Waals surface area contributed by atoms with Gasteiger partial charge in [-0.3, -0.25) is 9.97 Å². The Morgan fingerprint density at radius 3 is 2.22 bits per heavy atom. The summed E-state index contributed by atoms with van der Waals surface area (Å²) in [5.74, 6) is 8.86. The Kier molecular flexibility index (Phi) is 13.1. The van der Waals surface area contributed by atoms with Crippen LogP contribution in [0.15, 0.2) is 95.5 Å². The van der Waals surface area contributed by atoms with E-state index in [1.54, 1.807) is 4.40 Å². The summed E-state index contributed by atoms with van der Waals surface area (Å²) >= 11 is -1.87. The van der Waals surface area contributed by atoms with Gasteiger partial charge in [0.1, 0.15) is 0 Å². The van der Waals surface area contributed by atoms with Crippen LogP contribution in [0.3, 0.4) is 0 Å². The molecule has 1 atom stereocenters. The van der Waals surface area contributed by atoms with E-state index in [2.05, 4.69) is 169 Å². The molecule has 0 fully saturated rings. The molecule has 0 bridgehead atoms. The van der Waals surface area contributed by atoms with Crippen molar-refractivity contribution in [2.75, 3.05) is 0 Å². The number of aromatic nitrogens is 5. The number of benzene rings is 4. The van der Waals surface area contributed by atoms with Gasteiger partial charge in [-0.2, -0.15) is 0 Å². The Labute approximate surface area is 389 Å². The maximum atomic E-state index is 6.62. The largest absolute Gasteiger partial charge is 0.486 e. The van der Waals surface area contributed by atoms with Crippen LogP contribution in [0, 0.1) is 52.7 Å². The molecule has 0 N–H and O–H groups in total. The van der Waals surface area contributed by atoms with Gasteiger partial charge in [-0.1, -0.05) is 68.5 Å². The number of aryl methyl sites for hydroxylation is 5. The fourth-order valence-corrected chi connectivity index (χ4v) is 12.1. The van der Waals surface area contributed by atoms with E-state index >= 15 is 0 Å². The second-order valence-corrected chi connectivity index (χ2v) is 30.0. The molecule has 0 aliphatic carbocycles. The van der Waals surface area contributed by atoms with Gasteiger partial charge >= 0.3 is 132 Å². The Morgan fingerprint density at radius 1 is 0.825 bits per heavy atom. The van der Waals surface area contributed by atoms with Crippen molar-refractivity contribution in [1.29, 1.82) is 0 Å². The molecule has 0 aliphatic heterocycles. The van der Waals surface area contributed by atoms with Gasteiger partial charge in [0.05, 0.1) is 28.0 Å². The van der Waals surface area contributed by atoms with Gasteiger partial charge in [0.15, 0.2) is 0 Å². The second-order valence-electron chi connectivity index (χ2n) is 19.4. The first-order chi connectivity index (χ1) is 29.4. The summed E-state index contributed by atoms with van der Waals surface area (Å²) < 4.78 is 10.4. The molecule has 5 heterocycles. The van der Waals surface area contributed by atoms with Crippen molar-refractivity contribution in [1.82, 2.24) is 24.5 Å². The molecule has 9 aromatic rings. The number of furan rings is 1. The zero-order chi connectivity index (χ0) is 44.2. The third kappa shape index (κ3) is 9.07. The van der Waals surface area contributed by atoms with E-state index < -0.39 is 13.3 Å². The van der Waals surface area contributed by atoms with Crippen LogP contribution in [0.2, 0.25) is 17.3 Å². The van der Waals surface area contributed by atoms with Crippen molar-refractivity contribution >= 4 is 61.7 Å². The fourth-order valence-electron chi connectivity index (χ4n) is 8.76. The maximum Gasteiger partial charge on any atom is 0.216 e. The van der Waals surface area contributed by atoms with Crippen LogP contribution in [0.1, 0.15) is 80.2 Å². The third-order valence-corrected chi connectivity index (χ3v) is 16.5. The van der Waals surface area contributed by atoms with Gasteiger partial charge in [0, 0.05) is 53.4 Å². The average Bonchev–Trinajstić information content (AvgIpc) is 3.80. The number of fused-ring (bicyclic) bond motifs is 6. The number of pyridine rings is 3. The molecule has 9 rings (SSSR count). The molecule has 325 valence electrons. The number of hydrogen-bond acceptors (Lipinski definition) is 5. The fraction of sp³-hybridized carbons (Fsp3) is 0.309. The standard InChI is InChI=1S/C36H33N4O.C19H26GeN.Ir/c1-19-17-21(3)31(22(4)18-19)40-32-27(15-12-24-11-10-23(5)37-30(24)32)38-34(40)26-13-9-20(2)29-25-14-16-28(36(6,7)8)39-35(25)41-33(26)29;1-6-15(2)12-17-13-19(16-10-8-7-9-11-16)21-14-18(17)20(3,4)5;/h9-12,14-18H,1-8H3;7-10,13-15H,6,12H2,1-5H3;/q2*-1;. The number of imidazole rings is 1. The SMILES string of the molecule is CCC(C)Cc1cc(-c2[c-]cccc2)nc[c]1[Ge]([CH3])([CH3])[CH3].Cc1cc(C)c(-n2c(-c3[c-]cc(C)c4c3oc3nc(C(C)(C)C)ccc34)nc3ccc4ccc(C)nc4c32)c(C)c1.[Ir]. The predicted octanol–water partition coefficient (Wildman–Crippen LogP) is 13.9.